The smallest absolute Gasteiger partial charge is 0.276 e. The van der Waals surface area contributed by atoms with Crippen molar-refractivity contribution in [3.8, 4) is 11.5 Å². The van der Waals surface area contributed by atoms with Crippen LogP contribution in [0.3, 0.4) is 0 Å². The fraction of sp³-hybridized carbons (Fsp3) is 0.136. The van der Waals surface area contributed by atoms with Gasteiger partial charge in [-0.15, -0.1) is 0 Å². The first-order chi connectivity index (χ1) is 14.0. The summed E-state index contributed by atoms with van der Waals surface area (Å²) < 4.78 is 35.7. The van der Waals surface area contributed by atoms with Crippen molar-refractivity contribution in [3.63, 3.8) is 0 Å². The molecular formula is C22H22N2O4S. The van der Waals surface area contributed by atoms with Crippen LogP contribution in [0, 0.1) is 6.92 Å². The number of benzene rings is 3. The maximum absolute atomic E-state index is 12.3. The molecular weight excluding hydrogens is 388 g/mol. The van der Waals surface area contributed by atoms with E-state index in [4.69, 9.17) is 9.47 Å². The Labute approximate surface area is 170 Å². The number of nitrogens with one attached hydrogen (secondary N) is 1. The van der Waals surface area contributed by atoms with Gasteiger partial charge in [-0.25, -0.2) is 4.83 Å². The van der Waals surface area contributed by atoms with Crippen LogP contribution in [0.1, 0.15) is 16.7 Å². The van der Waals surface area contributed by atoms with E-state index in [1.807, 2.05) is 43.3 Å². The quantitative estimate of drug-likeness (QED) is 0.451. The number of hydrazone groups is 1. The molecule has 7 heteroatoms. The van der Waals surface area contributed by atoms with Crippen molar-refractivity contribution in [1.82, 2.24) is 4.83 Å². The van der Waals surface area contributed by atoms with E-state index in [1.165, 1.54) is 6.21 Å². The third-order valence-electron chi connectivity index (χ3n) is 4.16. The minimum absolute atomic E-state index is 0.155. The second kappa shape index (κ2) is 9.25. The largest absolute Gasteiger partial charge is 0.497 e. The average molecular weight is 410 g/mol. The summed E-state index contributed by atoms with van der Waals surface area (Å²) in [6.45, 7) is 2.24. The molecule has 0 heterocycles. The fourth-order valence-electron chi connectivity index (χ4n) is 2.58. The van der Waals surface area contributed by atoms with Crippen LogP contribution in [-0.2, 0) is 16.6 Å². The number of para-hydroxylation sites is 1. The Morgan fingerprint density at radius 3 is 2.52 bits per heavy atom. The Kier molecular flexibility index (Phi) is 6.51. The van der Waals surface area contributed by atoms with Crippen molar-refractivity contribution < 1.29 is 17.9 Å². The number of rotatable bonds is 8. The minimum atomic E-state index is -3.73. The molecule has 0 amide bonds. The Bertz CT molecular complexity index is 1090. The zero-order chi connectivity index (χ0) is 20.7. The van der Waals surface area contributed by atoms with Gasteiger partial charge in [0.05, 0.1) is 18.2 Å². The summed E-state index contributed by atoms with van der Waals surface area (Å²) in [6.07, 6.45) is 1.42. The van der Waals surface area contributed by atoms with Crippen LogP contribution in [0.4, 0.5) is 0 Å². The SMILES string of the molecule is COc1cccc(COc2ccccc2/C=N/NS(=O)(=O)c2ccc(C)cc2)c1. The van der Waals surface area contributed by atoms with Crippen molar-refractivity contribution >= 4 is 16.2 Å². The fourth-order valence-corrected chi connectivity index (χ4v) is 3.37. The molecule has 0 unspecified atom stereocenters. The van der Waals surface area contributed by atoms with Crippen molar-refractivity contribution in [3.05, 3.63) is 89.5 Å². The maximum Gasteiger partial charge on any atom is 0.276 e. The van der Waals surface area contributed by atoms with Crippen molar-refractivity contribution in [2.45, 2.75) is 18.4 Å². The lowest BCUT2D eigenvalue weighted by atomic mass is 10.2. The molecule has 0 spiro atoms. The zero-order valence-electron chi connectivity index (χ0n) is 16.2. The molecule has 3 aromatic carbocycles. The molecule has 0 fully saturated rings. The van der Waals surface area contributed by atoms with Gasteiger partial charge in [0.2, 0.25) is 0 Å². The van der Waals surface area contributed by atoms with Crippen LogP contribution < -0.4 is 14.3 Å². The molecule has 0 aromatic heterocycles. The topological polar surface area (TPSA) is 77.0 Å². The van der Waals surface area contributed by atoms with E-state index in [0.717, 1.165) is 16.9 Å². The molecule has 0 bridgehead atoms. The number of methoxy groups -OCH3 is 1. The lowest BCUT2D eigenvalue weighted by molar-refractivity contribution is 0.305. The Morgan fingerprint density at radius 1 is 1.00 bits per heavy atom. The molecule has 150 valence electrons. The van der Waals surface area contributed by atoms with Gasteiger partial charge in [0.1, 0.15) is 18.1 Å². The monoisotopic (exact) mass is 410 g/mol. The summed E-state index contributed by atoms with van der Waals surface area (Å²) in [5.41, 5.74) is 2.59. The van der Waals surface area contributed by atoms with E-state index in [1.54, 1.807) is 43.5 Å². The Balaban J connectivity index is 1.69. The molecule has 0 atom stereocenters. The molecule has 0 aliphatic heterocycles. The lowest BCUT2D eigenvalue weighted by Crippen LogP contribution is -2.18. The van der Waals surface area contributed by atoms with Crippen LogP contribution in [0.25, 0.3) is 0 Å². The summed E-state index contributed by atoms with van der Waals surface area (Å²) in [7, 11) is -2.11. The summed E-state index contributed by atoms with van der Waals surface area (Å²) in [6, 6.07) is 21.4. The minimum Gasteiger partial charge on any atom is -0.497 e. The van der Waals surface area contributed by atoms with Gasteiger partial charge < -0.3 is 9.47 Å². The first kappa shape index (κ1) is 20.4. The molecule has 1 N–H and O–H groups in total. The third kappa shape index (κ3) is 5.58. The van der Waals surface area contributed by atoms with E-state index >= 15 is 0 Å². The van der Waals surface area contributed by atoms with Crippen LogP contribution in [0.15, 0.2) is 82.8 Å². The highest BCUT2D eigenvalue weighted by Crippen LogP contribution is 2.19. The average Bonchev–Trinajstić information content (AvgIpc) is 2.73. The van der Waals surface area contributed by atoms with Crippen LogP contribution in [-0.4, -0.2) is 21.7 Å². The molecule has 0 aliphatic carbocycles. The molecule has 29 heavy (non-hydrogen) atoms. The number of sulfonamides is 1. The van der Waals surface area contributed by atoms with E-state index in [2.05, 4.69) is 9.93 Å². The summed E-state index contributed by atoms with van der Waals surface area (Å²) in [5.74, 6) is 1.35. The molecule has 0 saturated carbocycles. The van der Waals surface area contributed by atoms with E-state index in [-0.39, 0.29) is 4.90 Å². The van der Waals surface area contributed by atoms with E-state index < -0.39 is 10.0 Å². The Morgan fingerprint density at radius 2 is 1.76 bits per heavy atom. The van der Waals surface area contributed by atoms with Gasteiger partial charge in [-0.3, -0.25) is 0 Å². The molecule has 6 nitrogen and oxygen atoms in total. The van der Waals surface area contributed by atoms with Gasteiger partial charge in [-0.05, 0) is 48.9 Å². The predicted octanol–water partition coefficient (Wildman–Crippen LogP) is 3.90. The highest BCUT2D eigenvalue weighted by molar-refractivity contribution is 7.89. The number of hydrogen-bond donors (Lipinski definition) is 1. The molecule has 3 aromatic rings. The molecule has 0 radical (unpaired) electrons. The van der Waals surface area contributed by atoms with Crippen LogP contribution >= 0.6 is 0 Å². The predicted molar refractivity (Wildman–Crippen MR) is 113 cm³/mol. The third-order valence-corrected chi connectivity index (χ3v) is 5.39. The number of nitrogens with zero attached hydrogens (tertiary/aromatic N) is 1. The van der Waals surface area contributed by atoms with Crippen LogP contribution in [0.2, 0.25) is 0 Å². The van der Waals surface area contributed by atoms with Gasteiger partial charge in [0, 0.05) is 5.56 Å². The van der Waals surface area contributed by atoms with Crippen molar-refractivity contribution in [2.75, 3.05) is 7.11 Å². The standard InChI is InChI=1S/C22H22N2O4S/c1-17-10-12-21(13-11-17)29(25,26)24-23-15-19-7-3-4-9-22(19)28-16-18-6-5-8-20(14-18)27-2/h3-15,24H,16H2,1-2H3/b23-15+. The van der Waals surface area contributed by atoms with Crippen molar-refractivity contribution in [2.24, 2.45) is 5.10 Å². The second-order valence-corrected chi connectivity index (χ2v) is 8.00. The normalized spacial score (nSPS) is 11.4. The molecule has 3 rings (SSSR count). The van der Waals surface area contributed by atoms with Gasteiger partial charge in [-0.1, -0.05) is 42.0 Å². The molecule has 0 saturated heterocycles. The van der Waals surface area contributed by atoms with E-state index in [0.29, 0.717) is 17.9 Å². The van der Waals surface area contributed by atoms with Gasteiger partial charge in [0.25, 0.3) is 10.0 Å². The number of hydrogen-bond acceptors (Lipinski definition) is 5. The first-order valence-corrected chi connectivity index (χ1v) is 10.4. The van der Waals surface area contributed by atoms with Gasteiger partial charge >= 0.3 is 0 Å². The highest BCUT2D eigenvalue weighted by atomic mass is 32.2. The summed E-state index contributed by atoms with van der Waals surface area (Å²) in [4.78, 5) is 2.38. The van der Waals surface area contributed by atoms with Crippen molar-refractivity contribution in [1.29, 1.82) is 0 Å². The first-order valence-electron chi connectivity index (χ1n) is 8.94. The maximum atomic E-state index is 12.3. The second-order valence-electron chi connectivity index (χ2n) is 6.34. The van der Waals surface area contributed by atoms with Crippen LogP contribution in [0.5, 0.6) is 11.5 Å². The van der Waals surface area contributed by atoms with Gasteiger partial charge in [0.15, 0.2) is 0 Å². The zero-order valence-corrected chi connectivity index (χ0v) is 17.0. The summed E-state index contributed by atoms with van der Waals surface area (Å²) >= 11 is 0. The van der Waals surface area contributed by atoms with Gasteiger partial charge in [-0.2, -0.15) is 13.5 Å². The number of ether oxygens (including phenoxy) is 2. The molecule has 0 aliphatic rings. The highest BCUT2D eigenvalue weighted by Gasteiger charge is 2.12. The summed E-state index contributed by atoms with van der Waals surface area (Å²) in [5, 5.41) is 3.89. The van der Waals surface area contributed by atoms with E-state index in [9.17, 15) is 8.42 Å². The number of aryl methyl sites for hydroxylation is 1. The lowest BCUT2D eigenvalue weighted by Gasteiger charge is -2.10. The Hall–Kier alpha value is -3.32.